The standard InChI is InChI=1S/C19H29F/c1-2-3-4-5-16-6-10-18(11-7-16)19-12-8-17(9-13-19)14-15-20/h6-7,10-11,17,19H,2-5,8-9,12-15H2,1H3. The van der Waals surface area contributed by atoms with Crippen LogP contribution in [0.3, 0.4) is 0 Å². The van der Waals surface area contributed by atoms with Crippen LogP contribution in [0.15, 0.2) is 24.3 Å². The Morgan fingerprint density at radius 2 is 1.70 bits per heavy atom. The fourth-order valence-electron chi connectivity index (χ4n) is 3.47. The molecule has 0 N–H and O–H groups in total. The second kappa shape index (κ2) is 8.44. The Kier molecular flexibility index (Phi) is 6.56. The van der Waals surface area contributed by atoms with Gasteiger partial charge in [-0.2, -0.15) is 0 Å². The molecule has 2 rings (SSSR count). The highest BCUT2D eigenvalue weighted by molar-refractivity contribution is 5.25. The van der Waals surface area contributed by atoms with E-state index in [0.717, 1.165) is 12.3 Å². The Bertz CT molecular complexity index is 360. The third-order valence-corrected chi connectivity index (χ3v) is 4.88. The van der Waals surface area contributed by atoms with Crippen LogP contribution in [0.2, 0.25) is 0 Å². The number of unbranched alkanes of at least 4 members (excludes halogenated alkanes) is 2. The summed E-state index contributed by atoms with van der Waals surface area (Å²) in [6, 6.07) is 9.31. The van der Waals surface area contributed by atoms with Crippen LogP contribution in [-0.4, -0.2) is 6.67 Å². The maximum Gasteiger partial charge on any atom is 0.0897 e. The summed E-state index contributed by atoms with van der Waals surface area (Å²) in [5, 5.41) is 0. The molecular formula is C19H29F. The molecule has 1 aliphatic carbocycles. The average molecular weight is 276 g/mol. The van der Waals surface area contributed by atoms with Gasteiger partial charge >= 0.3 is 0 Å². The predicted octanol–water partition coefficient (Wildman–Crippen LogP) is 6.05. The SMILES string of the molecule is CCCCCc1ccc(C2CCC(CCF)CC2)cc1. The lowest BCUT2D eigenvalue weighted by Gasteiger charge is -2.28. The number of alkyl halides is 1. The molecule has 0 radical (unpaired) electrons. The fraction of sp³-hybridized carbons (Fsp3) is 0.684. The first-order chi connectivity index (χ1) is 9.83. The van der Waals surface area contributed by atoms with Gasteiger partial charge in [0.15, 0.2) is 0 Å². The molecular weight excluding hydrogens is 247 g/mol. The third-order valence-electron chi connectivity index (χ3n) is 4.88. The van der Waals surface area contributed by atoms with Gasteiger partial charge < -0.3 is 0 Å². The molecule has 0 spiro atoms. The van der Waals surface area contributed by atoms with Gasteiger partial charge in [-0.15, -0.1) is 0 Å². The minimum Gasteiger partial charge on any atom is -0.251 e. The van der Waals surface area contributed by atoms with E-state index < -0.39 is 0 Å². The maximum absolute atomic E-state index is 12.4. The maximum atomic E-state index is 12.4. The van der Waals surface area contributed by atoms with E-state index in [1.807, 2.05) is 0 Å². The number of hydrogen-bond donors (Lipinski definition) is 0. The van der Waals surface area contributed by atoms with Crippen LogP contribution in [0.1, 0.15) is 75.3 Å². The summed E-state index contributed by atoms with van der Waals surface area (Å²) in [6.45, 7) is 2.12. The Morgan fingerprint density at radius 1 is 1.00 bits per heavy atom. The molecule has 0 atom stereocenters. The van der Waals surface area contributed by atoms with Crippen molar-refractivity contribution in [3.05, 3.63) is 35.4 Å². The molecule has 1 saturated carbocycles. The van der Waals surface area contributed by atoms with Gasteiger partial charge in [0, 0.05) is 0 Å². The number of halogens is 1. The Hall–Kier alpha value is -0.850. The van der Waals surface area contributed by atoms with Gasteiger partial charge in [0.05, 0.1) is 6.67 Å². The number of rotatable bonds is 7. The summed E-state index contributed by atoms with van der Waals surface area (Å²) in [6.07, 6.45) is 10.9. The molecule has 0 aliphatic heterocycles. The lowest BCUT2D eigenvalue weighted by molar-refractivity contribution is 0.283. The second-order valence-electron chi connectivity index (χ2n) is 6.39. The molecule has 0 aromatic heterocycles. The zero-order chi connectivity index (χ0) is 14.2. The first kappa shape index (κ1) is 15.5. The summed E-state index contributed by atoms with van der Waals surface area (Å²) in [5.74, 6) is 1.36. The number of hydrogen-bond acceptors (Lipinski definition) is 0. The molecule has 112 valence electrons. The average Bonchev–Trinajstić information content (AvgIpc) is 2.49. The molecule has 0 bridgehead atoms. The highest BCUT2D eigenvalue weighted by Crippen LogP contribution is 2.37. The van der Waals surface area contributed by atoms with Crippen molar-refractivity contribution in [2.24, 2.45) is 5.92 Å². The van der Waals surface area contributed by atoms with Gasteiger partial charge in [-0.25, -0.2) is 0 Å². The van der Waals surface area contributed by atoms with E-state index in [2.05, 4.69) is 31.2 Å². The van der Waals surface area contributed by atoms with E-state index in [1.165, 1.54) is 62.5 Å². The zero-order valence-corrected chi connectivity index (χ0v) is 12.9. The van der Waals surface area contributed by atoms with Crippen molar-refractivity contribution in [2.45, 2.75) is 70.6 Å². The van der Waals surface area contributed by atoms with Crippen LogP contribution < -0.4 is 0 Å². The van der Waals surface area contributed by atoms with E-state index in [9.17, 15) is 4.39 Å². The first-order valence-corrected chi connectivity index (χ1v) is 8.48. The normalized spacial score (nSPS) is 22.9. The predicted molar refractivity (Wildman–Crippen MR) is 85.0 cm³/mol. The van der Waals surface area contributed by atoms with Crippen molar-refractivity contribution >= 4 is 0 Å². The molecule has 0 heterocycles. The van der Waals surface area contributed by atoms with Crippen molar-refractivity contribution in [1.82, 2.24) is 0 Å². The summed E-state index contributed by atoms with van der Waals surface area (Å²) in [7, 11) is 0. The molecule has 1 aromatic carbocycles. The summed E-state index contributed by atoms with van der Waals surface area (Å²) < 4.78 is 12.4. The largest absolute Gasteiger partial charge is 0.251 e. The van der Waals surface area contributed by atoms with Crippen molar-refractivity contribution < 1.29 is 4.39 Å². The van der Waals surface area contributed by atoms with Crippen LogP contribution in [-0.2, 0) is 6.42 Å². The van der Waals surface area contributed by atoms with Gasteiger partial charge in [0.1, 0.15) is 0 Å². The van der Waals surface area contributed by atoms with Gasteiger partial charge in [-0.1, -0.05) is 44.0 Å². The molecule has 1 heteroatoms. The third kappa shape index (κ3) is 4.61. The van der Waals surface area contributed by atoms with Crippen molar-refractivity contribution in [2.75, 3.05) is 6.67 Å². The van der Waals surface area contributed by atoms with E-state index in [0.29, 0.717) is 5.92 Å². The molecule has 20 heavy (non-hydrogen) atoms. The number of aryl methyl sites for hydroxylation is 1. The van der Waals surface area contributed by atoms with Crippen LogP contribution in [0.5, 0.6) is 0 Å². The molecule has 1 fully saturated rings. The van der Waals surface area contributed by atoms with Gasteiger partial charge in [0.25, 0.3) is 0 Å². The molecule has 0 unspecified atom stereocenters. The van der Waals surface area contributed by atoms with Crippen LogP contribution >= 0.6 is 0 Å². The van der Waals surface area contributed by atoms with Crippen LogP contribution in [0.4, 0.5) is 4.39 Å². The minimum atomic E-state index is -0.137. The molecule has 0 amide bonds. The van der Waals surface area contributed by atoms with Gasteiger partial charge in [0.2, 0.25) is 0 Å². The highest BCUT2D eigenvalue weighted by atomic mass is 19.1. The molecule has 1 aromatic rings. The first-order valence-electron chi connectivity index (χ1n) is 8.48. The zero-order valence-electron chi connectivity index (χ0n) is 12.9. The lowest BCUT2D eigenvalue weighted by Crippen LogP contribution is -2.13. The topological polar surface area (TPSA) is 0 Å². The van der Waals surface area contributed by atoms with E-state index in [1.54, 1.807) is 0 Å². The quantitative estimate of drug-likeness (QED) is 0.531. The van der Waals surface area contributed by atoms with Crippen molar-refractivity contribution in [3.63, 3.8) is 0 Å². The van der Waals surface area contributed by atoms with Crippen LogP contribution in [0, 0.1) is 5.92 Å². The molecule has 1 aliphatic rings. The second-order valence-corrected chi connectivity index (χ2v) is 6.39. The Morgan fingerprint density at radius 3 is 2.30 bits per heavy atom. The lowest BCUT2D eigenvalue weighted by atomic mass is 9.77. The van der Waals surface area contributed by atoms with Gasteiger partial charge in [-0.3, -0.25) is 4.39 Å². The summed E-state index contributed by atoms with van der Waals surface area (Å²) in [4.78, 5) is 0. The smallest absolute Gasteiger partial charge is 0.0897 e. The van der Waals surface area contributed by atoms with Crippen LogP contribution in [0.25, 0.3) is 0 Å². The van der Waals surface area contributed by atoms with E-state index in [-0.39, 0.29) is 6.67 Å². The summed E-state index contributed by atoms with van der Waals surface area (Å²) in [5.41, 5.74) is 2.98. The number of benzene rings is 1. The summed E-state index contributed by atoms with van der Waals surface area (Å²) >= 11 is 0. The fourth-order valence-corrected chi connectivity index (χ4v) is 3.47. The van der Waals surface area contributed by atoms with E-state index >= 15 is 0 Å². The molecule has 0 nitrogen and oxygen atoms in total. The van der Waals surface area contributed by atoms with Gasteiger partial charge in [-0.05, 0) is 67.9 Å². The Labute approximate surface area is 123 Å². The highest BCUT2D eigenvalue weighted by Gasteiger charge is 2.21. The van der Waals surface area contributed by atoms with E-state index in [4.69, 9.17) is 0 Å². The van der Waals surface area contributed by atoms with Crippen molar-refractivity contribution in [3.8, 4) is 0 Å². The molecule has 0 saturated heterocycles. The Balaban J connectivity index is 1.81. The minimum absolute atomic E-state index is 0.137. The van der Waals surface area contributed by atoms with Crippen molar-refractivity contribution in [1.29, 1.82) is 0 Å². The monoisotopic (exact) mass is 276 g/mol.